The third-order valence-corrected chi connectivity index (χ3v) is 2.89. The first kappa shape index (κ1) is 14.3. The second-order valence-electron chi connectivity index (χ2n) is 4.30. The topological polar surface area (TPSA) is 41.5 Å². The minimum atomic E-state index is -0.854. The van der Waals surface area contributed by atoms with Gasteiger partial charge in [0, 0.05) is 6.54 Å². The molecular formula is C15H15F2NO2. The van der Waals surface area contributed by atoms with Crippen molar-refractivity contribution in [3.05, 3.63) is 59.7 Å². The van der Waals surface area contributed by atoms with Gasteiger partial charge in [-0.25, -0.2) is 8.78 Å². The highest BCUT2D eigenvalue weighted by atomic mass is 19.1. The van der Waals surface area contributed by atoms with Crippen LogP contribution in [0.25, 0.3) is 0 Å². The number of rotatable bonds is 5. The lowest BCUT2D eigenvalue weighted by atomic mass is 10.1. The summed E-state index contributed by atoms with van der Waals surface area (Å²) in [5.41, 5.74) is 0.653. The van der Waals surface area contributed by atoms with Crippen LogP contribution in [-0.2, 0) is 0 Å². The number of aliphatic hydroxyl groups is 1. The van der Waals surface area contributed by atoms with Crippen LogP contribution in [0.5, 0.6) is 5.75 Å². The maximum atomic E-state index is 13.4. The molecule has 0 saturated heterocycles. The Hall–Kier alpha value is -2.14. The summed E-state index contributed by atoms with van der Waals surface area (Å²) in [6.07, 6.45) is -0.854. The molecule has 0 radical (unpaired) electrons. The zero-order valence-corrected chi connectivity index (χ0v) is 10.9. The van der Waals surface area contributed by atoms with Crippen molar-refractivity contribution in [1.29, 1.82) is 0 Å². The SMILES string of the molecule is COc1cccc(C(O)CNc2cc(F)ccc2F)c1. The van der Waals surface area contributed by atoms with Crippen molar-refractivity contribution in [3.8, 4) is 5.75 Å². The lowest BCUT2D eigenvalue weighted by Gasteiger charge is -2.14. The molecule has 3 nitrogen and oxygen atoms in total. The predicted molar refractivity (Wildman–Crippen MR) is 72.8 cm³/mol. The van der Waals surface area contributed by atoms with E-state index in [1.54, 1.807) is 24.3 Å². The molecule has 2 rings (SSSR count). The fourth-order valence-electron chi connectivity index (χ4n) is 1.81. The van der Waals surface area contributed by atoms with Crippen LogP contribution in [0.4, 0.5) is 14.5 Å². The predicted octanol–water partition coefficient (Wildman–Crippen LogP) is 3.12. The number of nitrogens with one attached hydrogen (secondary N) is 1. The monoisotopic (exact) mass is 279 g/mol. The Kier molecular flexibility index (Phi) is 4.53. The lowest BCUT2D eigenvalue weighted by Crippen LogP contribution is -2.13. The van der Waals surface area contributed by atoms with Crippen molar-refractivity contribution in [2.24, 2.45) is 0 Å². The van der Waals surface area contributed by atoms with E-state index in [0.29, 0.717) is 11.3 Å². The third kappa shape index (κ3) is 3.45. The lowest BCUT2D eigenvalue weighted by molar-refractivity contribution is 0.191. The summed E-state index contributed by atoms with van der Waals surface area (Å²) in [6.45, 7) is 0.0630. The third-order valence-electron chi connectivity index (χ3n) is 2.89. The van der Waals surface area contributed by atoms with E-state index in [0.717, 1.165) is 18.2 Å². The first-order chi connectivity index (χ1) is 9.60. The molecular weight excluding hydrogens is 264 g/mol. The maximum Gasteiger partial charge on any atom is 0.146 e. The molecule has 0 amide bonds. The van der Waals surface area contributed by atoms with Crippen LogP contribution in [0.1, 0.15) is 11.7 Å². The highest BCUT2D eigenvalue weighted by Crippen LogP contribution is 2.21. The number of benzene rings is 2. The molecule has 0 bridgehead atoms. The van der Waals surface area contributed by atoms with Gasteiger partial charge in [-0.3, -0.25) is 0 Å². The molecule has 2 N–H and O–H groups in total. The molecule has 0 fully saturated rings. The Labute approximate surface area is 115 Å². The zero-order valence-electron chi connectivity index (χ0n) is 10.9. The smallest absolute Gasteiger partial charge is 0.146 e. The molecule has 2 aromatic carbocycles. The van der Waals surface area contributed by atoms with Crippen LogP contribution in [0.15, 0.2) is 42.5 Å². The summed E-state index contributed by atoms with van der Waals surface area (Å²) < 4.78 is 31.5. The van der Waals surface area contributed by atoms with E-state index in [9.17, 15) is 13.9 Å². The van der Waals surface area contributed by atoms with Gasteiger partial charge in [0.1, 0.15) is 17.4 Å². The van der Waals surface area contributed by atoms with Gasteiger partial charge in [-0.1, -0.05) is 12.1 Å². The molecule has 0 spiro atoms. The average molecular weight is 279 g/mol. The molecule has 5 heteroatoms. The molecule has 106 valence electrons. The van der Waals surface area contributed by atoms with E-state index in [1.165, 1.54) is 7.11 Å². The van der Waals surface area contributed by atoms with E-state index in [1.807, 2.05) is 0 Å². The van der Waals surface area contributed by atoms with Crippen molar-refractivity contribution in [1.82, 2.24) is 0 Å². The zero-order chi connectivity index (χ0) is 14.5. The van der Waals surface area contributed by atoms with Crippen LogP contribution in [0, 0.1) is 11.6 Å². The van der Waals surface area contributed by atoms with Gasteiger partial charge in [-0.15, -0.1) is 0 Å². The van der Waals surface area contributed by atoms with Crippen LogP contribution < -0.4 is 10.1 Å². The number of halogens is 2. The van der Waals surface area contributed by atoms with E-state index >= 15 is 0 Å². The molecule has 0 aliphatic rings. The highest BCUT2D eigenvalue weighted by Gasteiger charge is 2.10. The fourth-order valence-corrected chi connectivity index (χ4v) is 1.81. The Morgan fingerprint density at radius 2 is 2.00 bits per heavy atom. The van der Waals surface area contributed by atoms with E-state index < -0.39 is 17.7 Å². The Balaban J connectivity index is 2.04. The van der Waals surface area contributed by atoms with E-state index in [4.69, 9.17) is 4.74 Å². The van der Waals surface area contributed by atoms with Crippen LogP contribution >= 0.6 is 0 Å². The Morgan fingerprint density at radius 1 is 1.20 bits per heavy atom. The maximum absolute atomic E-state index is 13.4. The van der Waals surface area contributed by atoms with E-state index in [2.05, 4.69) is 5.32 Å². The van der Waals surface area contributed by atoms with Crippen molar-refractivity contribution in [3.63, 3.8) is 0 Å². The molecule has 1 atom stereocenters. The first-order valence-corrected chi connectivity index (χ1v) is 6.11. The molecule has 0 heterocycles. The number of anilines is 1. The summed E-state index contributed by atoms with van der Waals surface area (Å²) in [6, 6.07) is 10.1. The molecule has 2 aromatic rings. The minimum absolute atomic E-state index is 0.0203. The van der Waals surface area contributed by atoms with Gasteiger partial charge >= 0.3 is 0 Å². The number of methoxy groups -OCH3 is 1. The molecule has 0 aliphatic carbocycles. The molecule has 1 unspecified atom stereocenters. The summed E-state index contributed by atoms with van der Waals surface area (Å²) in [7, 11) is 1.53. The van der Waals surface area contributed by atoms with Gasteiger partial charge in [0.05, 0.1) is 18.9 Å². The number of ether oxygens (including phenoxy) is 1. The van der Waals surface area contributed by atoms with E-state index in [-0.39, 0.29) is 12.2 Å². The first-order valence-electron chi connectivity index (χ1n) is 6.11. The number of hydrogen-bond donors (Lipinski definition) is 2. The minimum Gasteiger partial charge on any atom is -0.497 e. The van der Waals surface area contributed by atoms with Crippen molar-refractivity contribution in [2.75, 3.05) is 19.0 Å². The number of aliphatic hydroxyl groups excluding tert-OH is 1. The summed E-state index contributed by atoms with van der Waals surface area (Å²) in [5.74, 6) is -0.479. The van der Waals surface area contributed by atoms with Crippen LogP contribution in [0.3, 0.4) is 0 Å². The van der Waals surface area contributed by atoms with Crippen LogP contribution in [-0.4, -0.2) is 18.8 Å². The summed E-state index contributed by atoms with van der Waals surface area (Å²) in [4.78, 5) is 0. The van der Waals surface area contributed by atoms with Gasteiger partial charge in [0.15, 0.2) is 0 Å². The van der Waals surface area contributed by atoms with Crippen molar-refractivity contribution >= 4 is 5.69 Å². The average Bonchev–Trinajstić information content (AvgIpc) is 2.48. The normalized spacial score (nSPS) is 12.0. The van der Waals surface area contributed by atoms with Gasteiger partial charge in [0.2, 0.25) is 0 Å². The number of hydrogen-bond acceptors (Lipinski definition) is 3. The largest absolute Gasteiger partial charge is 0.497 e. The molecule has 0 aromatic heterocycles. The Morgan fingerprint density at radius 3 is 2.75 bits per heavy atom. The van der Waals surface area contributed by atoms with Crippen LogP contribution in [0.2, 0.25) is 0 Å². The molecule has 0 saturated carbocycles. The van der Waals surface area contributed by atoms with Gasteiger partial charge < -0.3 is 15.2 Å². The fraction of sp³-hybridized carbons (Fsp3) is 0.200. The summed E-state index contributed by atoms with van der Waals surface area (Å²) in [5, 5.41) is 12.7. The summed E-state index contributed by atoms with van der Waals surface area (Å²) >= 11 is 0. The van der Waals surface area contributed by atoms with Gasteiger partial charge in [0.25, 0.3) is 0 Å². The Bertz CT molecular complexity index is 590. The molecule has 20 heavy (non-hydrogen) atoms. The van der Waals surface area contributed by atoms with Crippen molar-refractivity contribution < 1.29 is 18.6 Å². The highest BCUT2D eigenvalue weighted by molar-refractivity contribution is 5.45. The quantitative estimate of drug-likeness (QED) is 0.883. The van der Waals surface area contributed by atoms with Gasteiger partial charge in [-0.05, 0) is 35.9 Å². The second-order valence-corrected chi connectivity index (χ2v) is 4.30. The van der Waals surface area contributed by atoms with Crippen molar-refractivity contribution in [2.45, 2.75) is 6.10 Å². The standard InChI is InChI=1S/C15H15F2NO2/c1-20-12-4-2-3-10(7-12)15(19)9-18-14-8-11(16)5-6-13(14)17/h2-8,15,18-19H,9H2,1H3. The molecule has 0 aliphatic heterocycles. The van der Waals surface area contributed by atoms with Gasteiger partial charge in [-0.2, -0.15) is 0 Å². The second kappa shape index (κ2) is 6.34.